The molecule has 6 heteroatoms. The summed E-state index contributed by atoms with van der Waals surface area (Å²) in [5.74, 6) is 0.259. The van der Waals surface area contributed by atoms with E-state index in [1.165, 1.54) is 12.1 Å². The van der Waals surface area contributed by atoms with Crippen LogP contribution in [0.2, 0.25) is 0 Å². The van der Waals surface area contributed by atoms with Gasteiger partial charge in [0.2, 0.25) is 12.5 Å². The van der Waals surface area contributed by atoms with Crippen molar-refractivity contribution in [1.82, 2.24) is 0 Å². The van der Waals surface area contributed by atoms with E-state index in [0.29, 0.717) is 11.3 Å². The average molecular weight is 300 g/mol. The second-order valence-electron chi connectivity index (χ2n) is 5.12. The summed E-state index contributed by atoms with van der Waals surface area (Å²) in [5.41, 5.74) is 0.620. The summed E-state index contributed by atoms with van der Waals surface area (Å²) in [6.45, 7) is -0.0110. The van der Waals surface area contributed by atoms with E-state index in [0.717, 1.165) is 0 Å². The fourth-order valence-electron chi connectivity index (χ4n) is 2.76. The van der Waals surface area contributed by atoms with Crippen LogP contribution in [0.4, 0.5) is 0 Å². The zero-order valence-electron chi connectivity index (χ0n) is 11.4. The first-order valence-electron chi connectivity index (χ1n) is 6.78. The first kappa shape index (κ1) is 12.8. The number of phenols is 2. The molecule has 2 heterocycles. The maximum atomic E-state index is 12.4. The van der Waals surface area contributed by atoms with E-state index < -0.39 is 6.10 Å². The Morgan fingerprint density at radius 2 is 1.91 bits per heavy atom. The highest BCUT2D eigenvalue weighted by Crippen LogP contribution is 2.50. The summed E-state index contributed by atoms with van der Waals surface area (Å²) >= 11 is 0. The molecule has 112 valence electrons. The number of aromatic hydroxyl groups is 2. The predicted octanol–water partition coefficient (Wildman–Crippen LogP) is 2.53. The van der Waals surface area contributed by atoms with E-state index in [9.17, 15) is 15.0 Å². The van der Waals surface area contributed by atoms with Gasteiger partial charge in [0.25, 0.3) is 0 Å². The predicted molar refractivity (Wildman–Crippen MR) is 74.7 cm³/mol. The third kappa shape index (κ3) is 1.77. The first-order chi connectivity index (χ1) is 10.6. The molecule has 0 saturated carbocycles. The van der Waals surface area contributed by atoms with Crippen molar-refractivity contribution < 1.29 is 29.2 Å². The van der Waals surface area contributed by atoms with Gasteiger partial charge in [0.1, 0.15) is 23.2 Å². The second-order valence-corrected chi connectivity index (χ2v) is 5.12. The smallest absolute Gasteiger partial charge is 0.231 e. The fraction of sp³-hybridized carbons (Fsp3) is 0.188. The third-order valence-corrected chi connectivity index (χ3v) is 3.80. The lowest BCUT2D eigenvalue weighted by molar-refractivity contribution is 0.0842. The number of ketones is 1. The topological polar surface area (TPSA) is 85.2 Å². The van der Waals surface area contributed by atoms with E-state index in [-0.39, 0.29) is 47.6 Å². The van der Waals surface area contributed by atoms with E-state index >= 15 is 0 Å². The van der Waals surface area contributed by atoms with Crippen molar-refractivity contribution in [1.29, 1.82) is 0 Å². The molecule has 2 aliphatic rings. The van der Waals surface area contributed by atoms with Gasteiger partial charge in [0.05, 0.1) is 6.42 Å². The van der Waals surface area contributed by atoms with Gasteiger partial charge in [-0.25, -0.2) is 0 Å². The highest BCUT2D eigenvalue weighted by Gasteiger charge is 2.35. The number of phenolic OH excluding ortho intramolecular Hbond substituents is 2. The molecular weight excluding hydrogens is 288 g/mol. The van der Waals surface area contributed by atoms with Gasteiger partial charge in [0.15, 0.2) is 17.3 Å². The summed E-state index contributed by atoms with van der Waals surface area (Å²) in [6, 6.07) is 8.22. The number of rotatable bonds is 1. The Bertz CT molecular complexity index is 782. The number of hydrogen-bond acceptors (Lipinski definition) is 6. The number of ether oxygens (including phenoxy) is 3. The van der Waals surface area contributed by atoms with Gasteiger partial charge in [-0.3, -0.25) is 4.79 Å². The van der Waals surface area contributed by atoms with Crippen molar-refractivity contribution in [3.05, 3.63) is 41.5 Å². The zero-order valence-corrected chi connectivity index (χ0v) is 11.4. The molecule has 0 spiro atoms. The van der Waals surface area contributed by atoms with Crippen molar-refractivity contribution in [3.63, 3.8) is 0 Å². The van der Waals surface area contributed by atoms with E-state index in [2.05, 4.69) is 0 Å². The summed E-state index contributed by atoms with van der Waals surface area (Å²) in [5, 5.41) is 20.1. The Labute approximate surface area is 125 Å². The van der Waals surface area contributed by atoms with Crippen LogP contribution in [-0.2, 0) is 0 Å². The quantitative estimate of drug-likeness (QED) is 0.842. The minimum Gasteiger partial charge on any atom is -0.508 e. The number of Topliss-reactive ketones (excluding diaryl/α,β-unsaturated/α-hetero) is 1. The van der Waals surface area contributed by atoms with E-state index in [1.807, 2.05) is 0 Å². The average Bonchev–Trinajstić information content (AvgIpc) is 2.96. The molecule has 4 rings (SSSR count). The monoisotopic (exact) mass is 300 g/mol. The maximum Gasteiger partial charge on any atom is 0.231 e. The van der Waals surface area contributed by atoms with Crippen LogP contribution < -0.4 is 14.2 Å². The minimum absolute atomic E-state index is 0.0110. The van der Waals surface area contributed by atoms with Gasteiger partial charge in [0, 0.05) is 11.6 Å². The normalized spacial score (nSPS) is 18.7. The Morgan fingerprint density at radius 3 is 2.73 bits per heavy atom. The molecule has 1 unspecified atom stereocenters. The van der Waals surface area contributed by atoms with Crippen LogP contribution in [0.1, 0.15) is 28.4 Å². The van der Waals surface area contributed by atoms with Crippen molar-refractivity contribution in [3.8, 4) is 28.7 Å². The van der Waals surface area contributed by atoms with Crippen LogP contribution in [-0.4, -0.2) is 22.8 Å². The lowest BCUT2D eigenvalue weighted by Crippen LogP contribution is -2.20. The van der Waals surface area contributed by atoms with Crippen molar-refractivity contribution in [2.24, 2.45) is 0 Å². The molecule has 0 amide bonds. The second kappa shape index (κ2) is 4.56. The molecule has 2 N–H and O–H groups in total. The van der Waals surface area contributed by atoms with Crippen LogP contribution in [0.3, 0.4) is 0 Å². The highest BCUT2D eigenvalue weighted by molar-refractivity contribution is 6.03. The number of benzene rings is 2. The number of carbonyl (C=O) groups excluding carboxylic acids is 1. The molecule has 6 nitrogen and oxygen atoms in total. The summed E-state index contributed by atoms with van der Waals surface area (Å²) in [6.07, 6.45) is -0.585. The van der Waals surface area contributed by atoms with Gasteiger partial charge >= 0.3 is 0 Å². The molecule has 0 aromatic heterocycles. The van der Waals surface area contributed by atoms with Gasteiger partial charge in [-0.1, -0.05) is 18.2 Å². The van der Waals surface area contributed by atoms with Gasteiger partial charge in [-0.15, -0.1) is 0 Å². The van der Waals surface area contributed by atoms with Crippen LogP contribution >= 0.6 is 0 Å². The van der Waals surface area contributed by atoms with Crippen molar-refractivity contribution in [2.45, 2.75) is 12.5 Å². The summed E-state index contributed by atoms with van der Waals surface area (Å²) < 4.78 is 16.2. The van der Waals surface area contributed by atoms with Crippen LogP contribution in [0.5, 0.6) is 28.7 Å². The molecule has 0 fully saturated rings. The molecule has 0 radical (unpaired) electrons. The highest BCUT2D eigenvalue weighted by atomic mass is 16.7. The van der Waals surface area contributed by atoms with Gasteiger partial charge < -0.3 is 24.4 Å². The van der Waals surface area contributed by atoms with E-state index in [1.54, 1.807) is 18.2 Å². The Hall–Kier alpha value is -2.89. The standard InChI is InChI=1S/C16H12O6/c17-9-4-2-1-3-8(9)11-5-10(18)14-12(22-11)6-13-16(15(14)19)21-7-20-13/h1-4,6,11,17,19H,5,7H2. The van der Waals surface area contributed by atoms with Gasteiger partial charge in [-0.2, -0.15) is 0 Å². The van der Waals surface area contributed by atoms with Crippen LogP contribution in [0, 0.1) is 0 Å². The fourth-order valence-corrected chi connectivity index (χ4v) is 2.76. The largest absolute Gasteiger partial charge is 0.508 e. The Balaban J connectivity index is 1.80. The van der Waals surface area contributed by atoms with Crippen molar-refractivity contribution in [2.75, 3.05) is 6.79 Å². The zero-order chi connectivity index (χ0) is 15.3. The lowest BCUT2D eigenvalue weighted by Gasteiger charge is -2.26. The summed E-state index contributed by atoms with van der Waals surface area (Å²) in [4.78, 5) is 12.4. The molecular formula is C16H12O6. The third-order valence-electron chi connectivity index (χ3n) is 3.80. The molecule has 0 bridgehead atoms. The molecule has 1 atom stereocenters. The SMILES string of the molecule is O=C1CC(c2ccccc2O)Oc2cc3c(c(O)c21)OCO3. The molecule has 2 aromatic carbocycles. The maximum absolute atomic E-state index is 12.4. The van der Waals surface area contributed by atoms with E-state index in [4.69, 9.17) is 14.2 Å². The minimum atomic E-state index is -0.610. The molecule has 0 saturated heterocycles. The molecule has 0 aliphatic carbocycles. The first-order valence-corrected chi connectivity index (χ1v) is 6.78. The summed E-state index contributed by atoms with van der Waals surface area (Å²) in [7, 11) is 0. The number of hydrogen-bond donors (Lipinski definition) is 2. The number of fused-ring (bicyclic) bond motifs is 2. The Kier molecular flexibility index (Phi) is 2.66. The van der Waals surface area contributed by atoms with Gasteiger partial charge in [-0.05, 0) is 6.07 Å². The lowest BCUT2D eigenvalue weighted by atomic mass is 9.94. The van der Waals surface area contributed by atoms with Crippen LogP contribution in [0.15, 0.2) is 30.3 Å². The van der Waals surface area contributed by atoms with Crippen molar-refractivity contribution >= 4 is 5.78 Å². The van der Waals surface area contributed by atoms with Crippen LogP contribution in [0.25, 0.3) is 0 Å². The molecule has 2 aromatic rings. The molecule has 2 aliphatic heterocycles. The Morgan fingerprint density at radius 1 is 1.09 bits per heavy atom. The molecule has 22 heavy (non-hydrogen) atoms. The number of carbonyl (C=O) groups is 1. The number of para-hydroxylation sites is 1.